The van der Waals surface area contributed by atoms with Gasteiger partial charge in [-0.1, -0.05) is 19.9 Å². The summed E-state index contributed by atoms with van der Waals surface area (Å²) in [5.41, 5.74) is 2.05. The molecule has 1 aromatic heterocycles. The number of rotatable bonds is 4. The molecule has 3 heteroatoms. The summed E-state index contributed by atoms with van der Waals surface area (Å²) in [4.78, 5) is 15.6. The van der Waals surface area contributed by atoms with E-state index in [1.165, 1.54) is 0 Å². The Balaban J connectivity index is 2.44. The lowest BCUT2D eigenvalue weighted by molar-refractivity contribution is -0.121. The Morgan fingerprint density at radius 2 is 2.27 bits per heavy atom. The van der Waals surface area contributed by atoms with Crippen molar-refractivity contribution >= 4 is 5.91 Å². The third-order valence-corrected chi connectivity index (χ3v) is 2.19. The van der Waals surface area contributed by atoms with Crippen molar-refractivity contribution in [2.24, 2.45) is 5.92 Å². The smallest absolute Gasteiger partial charge is 0.220 e. The monoisotopic (exact) mass is 206 g/mol. The molecule has 1 amide bonds. The predicted molar refractivity (Wildman–Crippen MR) is 60.3 cm³/mol. The number of aromatic nitrogens is 1. The van der Waals surface area contributed by atoms with Gasteiger partial charge in [-0.2, -0.15) is 0 Å². The highest BCUT2D eigenvalue weighted by Gasteiger charge is 2.05. The van der Waals surface area contributed by atoms with Crippen LogP contribution in [-0.4, -0.2) is 10.9 Å². The Bertz CT molecular complexity index is 334. The van der Waals surface area contributed by atoms with Crippen molar-refractivity contribution in [1.29, 1.82) is 0 Å². The van der Waals surface area contributed by atoms with Gasteiger partial charge in [0, 0.05) is 24.9 Å². The first-order valence-corrected chi connectivity index (χ1v) is 5.26. The molecular formula is C12H18N2O. The maximum absolute atomic E-state index is 11.4. The minimum atomic E-state index is 0.105. The fourth-order valence-electron chi connectivity index (χ4n) is 1.34. The minimum Gasteiger partial charge on any atom is -0.352 e. The lowest BCUT2D eigenvalue weighted by Gasteiger charge is -2.08. The van der Waals surface area contributed by atoms with Crippen molar-refractivity contribution in [3.8, 4) is 0 Å². The second-order valence-electron chi connectivity index (χ2n) is 4.12. The third kappa shape index (κ3) is 4.11. The lowest BCUT2D eigenvalue weighted by atomic mass is 10.1. The third-order valence-electron chi connectivity index (χ3n) is 2.19. The summed E-state index contributed by atoms with van der Waals surface area (Å²) in [5.74, 6) is 0.508. The van der Waals surface area contributed by atoms with Gasteiger partial charge < -0.3 is 5.32 Å². The minimum absolute atomic E-state index is 0.105. The van der Waals surface area contributed by atoms with E-state index in [-0.39, 0.29) is 5.91 Å². The van der Waals surface area contributed by atoms with E-state index in [0.29, 0.717) is 18.9 Å². The van der Waals surface area contributed by atoms with Gasteiger partial charge in [-0.25, -0.2) is 0 Å². The fourth-order valence-corrected chi connectivity index (χ4v) is 1.34. The van der Waals surface area contributed by atoms with Gasteiger partial charge in [-0.05, 0) is 24.5 Å². The molecule has 0 atom stereocenters. The van der Waals surface area contributed by atoms with Crippen LogP contribution >= 0.6 is 0 Å². The number of hydrogen-bond acceptors (Lipinski definition) is 2. The van der Waals surface area contributed by atoms with Crippen LogP contribution in [0.15, 0.2) is 18.3 Å². The standard InChI is InChI=1S/C12H18N2O/c1-9(2)7-12(15)14-8-11-5-4-6-13-10(11)3/h4-6,9H,7-8H2,1-3H3,(H,14,15). The lowest BCUT2D eigenvalue weighted by Crippen LogP contribution is -2.24. The van der Waals surface area contributed by atoms with E-state index in [1.807, 2.05) is 32.9 Å². The number of aryl methyl sites for hydroxylation is 1. The Morgan fingerprint density at radius 1 is 1.53 bits per heavy atom. The van der Waals surface area contributed by atoms with Gasteiger partial charge in [0.25, 0.3) is 0 Å². The van der Waals surface area contributed by atoms with Crippen LogP contribution in [0, 0.1) is 12.8 Å². The van der Waals surface area contributed by atoms with Crippen LogP contribution in [0.2, 0.25) is 0 Å². The molecule has 0 aromatic carbocycles. The van der Waals surface area contributed by atoms with Gasteiger partial charge in [0.1, 0.15) is 0 Å². The highest BCUT2D eigenvalue weighted by atomic mass is 16.1. The van der Waals surface area contributed by atoms with Crippen molar-refractivity contribution < 1.29 is 4.79 Å². The van der Waals surface area contributed by atoms with Crippen LogP contribution in [0.3, 0.4) is 0 Å². The Hall–Kier alpha value is -1.38. The van der Waals surface area contributed by atoms with Gasteiger partial charge in [0.15, 0.2) is 0 Å². The number of carbonyl (C=O) groups excluding carboxylic acids is 1. The Morgan fingerprint density at radius 3 is 2.87 bits per heavy atom. The molecule has 15 heavy (non-hydrogen) atoms. The fraction of sp³-hybridized carbons (Fsp3) is 0.500. The first-order valence-electron chi connectivity index (χ1n) is 5.26. The zero-order valence-electron chi connectivity index (χ0n) is 9.58. The molecule has 0 bridgehead atoms. The molecule has 3 nitrogen and oxygen atoms in total. The van der Waals surface area contributed by atoms with E-state index < -0.39 is 0 Å². The second-order valence-corrected chi connectivity index (χ2v) is 4.12. The van der Waals surface area contributed by atoms with Gasteiger partial charge in [0.2, 0.25) is 5.91 Å². The molecule has 82 valence electrons. The van der Waals surface area contributed by atoms with Gasteiger partial charge in [-0.15, -0.1) is 0 Å². The van der Waals surface area contributed by atoms with Crippen LogP contribution < -0.4 is 5.32 Å². The van der Waals surface area contributed by atoms with Gasteiger partial charge in [0.05, 0.1) is 0 Å². The molecule has 0 fully saturated rings. The molecule has 0 radical (unpaired) electrons. The molecule has 0 spiro atoms. The normalized spacial score (nSPS) is 10.4. The molecule has 1 heterocycles. The highest BCUT2D eigenvalue weighted by molar-refractivity contribution is 5.76. The molecule has 1 N–H and O–H groups in total. The van der Waals surface area contributed by atoms with E-state index in [4.69, 9.17) is 0 Å². The summed E-state index contributed by atoms with van der Waals surface area (Å²) in [6.07, 6.45) is 2.34. The maximum Gasteiger partial charge on any atom is 0.220 e. The number of hydrogen-bond donors (Lipinski definition) is 1. The molecule has 1 aromatic rings. The first-order chi connectivity index (χ1) is 7.09. The Kier molecular flexibility index (Phi) is 4.28. The molecule has 0 aliphatic rings. The molecular weight excluding hydrogens is 188 g/mol. The number of carbonyl (C=O) groups is 1. The summed E-state index contributed by atoms with van der Waals surface area (Å²) in [6.45, 7) is 6.60. The molecule has 0 aliphatic heterocycles. The Labute approximate surface area is 90.9 Å². The van der Waals surface area contributed by atoms with E-state index in [9.17, 15) is 4.79 Å². The van der Waals surface area contributed by atoms with Crippen molar-refractivity contribution in [3.05, 3.63) is 29.6 Å². The molecule has 1 rings (SSSR count). The maximum atomic E-state index is 11.4. The van der Waals surface area contributed by atoms with E-state index in [1.54, 1.807) is 6.20 Å². The number of nitrogens with zero attached hydrogens (tertiary/aromatic N) is 1. The number of nitrogens with one attached hydrogen (secondary N) is 1. The summed E-state index contributed by atoms with van der Waals surface area (Å²) >= 11 is 0. The van der Waals surface area contributed by atoms with Crippen LogP contribution in [-0.2, 0) is 11.3 Å². The molecule has 0 unspecified atom stereocenters. The predicted octanol–water partition coefficient (Wildman–Crippen LogP) is 2.05. The zero-order chi connectivity index (χ0) is 11.3. The van der Waals surface area contributed by atoms with Crippen LogP contribution in [0.1, 0.15) is 31.5 Å². The van der Waals surface area contributed by atoms with Crippen molar-refractivity contribution in [2.75, 3.05) is 0 Å². The molecule has 0 saturated carbocycles. The van der Waals surface area contributed by atoms with Crippen molar-refractivity contribution in [1.82, 2.24) is 10.3 Å². The summed E-state index contributed by atoms with van der Waals surface area (Å²) in [6, 6.07) is 3.87. The summed E-state index contributed by atoms with van der Waals surface area (Å²) in [5, 5.41) is 2.89. The summed E-state index contributed by atoms with van der Waals surface area (Å²) < 4.78 is 0. The second kappa shape index (κ2) is 5.49. The largest absolute Gasteiger partial charge is 0.352 e. The van der Waals surface area contributed by atoms with E-state index in [0.717, 1.165) is 11.3 Å². The SMILES string of the molecule is Cc1ncccc1CNC(=O)CC(C)C. The van der Waals surface area contributed by atoms with Crippen molar-refractivity contribution in [3.63, 3.8) is 0 Å². The first kappa shape index (κ1) is 11.7. The zero-order valence-corrected chi connectivity index (χ0v) is 9.58. The topological polar surface area (TPSA) is 42.0 Å². The average molecular weight is 206 g/mol. The molecule has 0 saturated heterocycles. The van der Waals surface area contributed by atoms with Crippen LogP contribution in [0.4, 0.5) is 0 Å². The van der Waals surface area contributed by atoms with E-state index in [2.05, 4.69) is 10.3 Å². The van der Waals surface area contributed by atoms with Gasteiger partial charge >= 0.3 is 0 Å². The summed E-state index contributed by atoms with van der Waals surface area (Å²) in [7, 11) is 0. The van der Waals surface area contributed by atoms with Crippen LogP contribution in [0.5, 0.6) is 0 Å². The van der Waals surface area contributed by atoms with E-state index >= 15 is 0 Å². The molecule has 0 aliphatic carbocycles. The van der Waals surface area contributed by atoms with Gasteiger partial charge in [-0.3, -0.25) is 9.78 Å². The number of pyridine rings is 1. The highest BCUT2D eigenvalue weighted by Crippen LogP contribution is 2.04. The van der Waals surface area contributed by atoms with Crippen LogP contribution in [0.25, 0.3) is 0 Å². The average Bonchev–Trinajstić information content (AvgIpc) is 2.15. The quantitative estimate of drug-likeness (QED) is 0.819. The van der Waals surface area contributed by atoms with Crippen molar-refractivity contribution in [2.45, 2.75) is 33.7 Å². The number of amides is 1.